The monoisotopic (exact) mass is 532 g/mol. The van der Waals surface area contributed by atoms with Crippen LogP contribution in [0.3, 0.4) is 0 Å². The summed E-state index contributed by atoms with van der Waals surface area (Å²) in [7, 11) is 0. The van der Waals surface area contributed by atoms with E-state index in [9.17, 15) is 9.90 Å². The zero-order chi connectivity index (χ0) is 22.7. The fraction of sp³-hybridized carbons (Fsp3) is 0.190. The van der Waals surface area contributed by atoms with Crippen molar-refractivity contribution in [3.05, 3.63) is 80.0 Å². The van der Waals surface area contributed by atoms with Crippen molar-refractivity contribution in [2.75, 3.05) is 5.75 Å². The van der Waals surface area contributed by atoms with Crippen molar-refractivity contribution in [3.8, 4) is 0 Å². The number of aliphatic hydroxyl groups excluding tert-OH is 1. The number of halogens is 2. The average molecular weight is 534 g/mol. The lowest BCUT2D eigenvalue weighted by molar-refractivity contribution is 0.176. The molecule has 0 bridgehead atoms. The van der Waals surface area contributed by atoms with Crippen LogP contribution in [0.25, 0.3) is 10.9 Å². The van der Waals surface area contributed by atoms with Crippen molar-refractivity contribution in [3.63, 3.8) is 0 Å². The van der Waals surface area contributed by atoms with Gasteiger partial charge in [0.15, 0.2) is 5.82 Å². The summed E-state index contributed by atoms with van der Waals surface area (Å²) in [5.74, 6) is 0.913. The second kappa shape index (κ2) is 9.95. The van der Waals surface area contributed by atoms with E-state index in [4.69, 9.17) is 11.6 Å². The highest BCUT2D eigenvalue weighted by atomic mass is 79.9. The fourth-order valence-electron chi connectivity index (χ4n) is 2.97. The second-order valence-corrected chi connectivity index (χ2v) is 9.21. The Bertz CT molecular complexity index is 1360. The van der Waals surface area contributed by atoms with Crippen LogP contribution in [0.5, 0.6) is 0 Å². The first-order valence-electron chi connectivity index (χ1n) is 9.59. The largest absolute Gasteiger partial charge is 0.390 e. The first-order chi connectivity index (χ1) is 15.4. The average Bonchev–Trinajstić information content (AvgIpc) is 3.13. The van der Waals surface area contributed by atoms with Crippen LogP contribution in [0.4, 0.5) is 0 Å². The Balaban J connectivity index is 1.45. The smallest absolute Gasteiger partial charge is 0.261 e. The zero-order valence-electron chi connectivity index (χ0n) is 16.9. The van der Waals surface area contributed by atoms with Crippen molar-refractivity contribution in [1.82, 2.24) is 24.4 Å². The van der Waals surface area contributed by atoms with E-state index in [-0.39, 0.29) is 12.1 Å². The molecule has 1 atom stereocenters. The molecule has 2 aromatic carbocycles. The highest BCUT2D eigenvalue weighted by Crippen LogP contribution is 2.21. The molecule has 11 heteroatoms. The topological polar surface area (TPSA) is 98.2 Å². The molecule has 1 unspecified atom stereocenters. The van der Waals surface area contributed by atoms with Gasteiger partial charge in [0.2, 0.25) is 5.16 Å². The Hall–Kier alpha value is -2.53. The predicted octanol–water partition coefficient (Wildman–Crippen LogP) is 3.75. The maximum atomic E-state index is 12.6. The Morgan fingerprint density at radius 2 is 2.09 bits per heavy atom. The molecule has 2 aromatic heterocycles. The third-order valence-electron chi connectivity index (χ3n) is 4.59. The normalized spacial score (nSPS) is 12.6. The molecule has 8 nitrogen and oxygen atoms in total. The predicted molar refractivity (Wildman–Crippen MR) is 130 cm³/mol. The highest BCUT2D eigenvalue weighted by Gasteiger charge is 2.14. The summed E-state index contributed by atoms with van der Waals surface area (Å²) in [5.41, 5.74) is 1.30. The van der Waals surface area contributed by atoms with Crippen LogP contribution in [-0.2, 0) is 6.54 Å². The van der Waals surface area contributed by atoms with Gasteiger partial charge in [-0.05, 0) is 31.2 Å². The Labute approximate surface area is 201 Å². The lowest BCUT2D eigenvalue weighted by Crippen LogP contribution is -2.28. The molecule has 4 rings (SSSR count). The molecule has 0 fully saturated rings. The van der Waals surface area contributed by atoms with Gasteiger partial charge in [-0.2, -0.15) is 9.78 Å². The van der Waals surface area contributed by atoms with Crippen molar-refractivity contribution in [2.45, 2.75) is 24.7 Å². The van der Waals surface area contributed by atoms with Crippen molar-refractivity contribution >= 4 is 56.4 Å². The van der Waals surface area contributed by atoms with Gasteiger partial charge in [-0.15, -0.1) is 10.2 Å². The molecule has 0 radical (unpaired) electrons. The molecule has 0 spiro atoms. The van der Waals surface area contributed by atoms with E-state index >= 15 is 0 Å². The molecule has 0 aliphatic heterocycles. The summed E-state index contributed by atoms with van der Waals surface area (Å²) in [6.07, 6.45) is 2.34. The summed E-state index contributed by atoms with van der Waals surface area (Å²) in [5, 5.41) is 24.9. The van der Waals surface area contributed by atoms with Crippen LogP contribution in [-0.4, -0.2) is 47.6 Å². The molecular weight excluding hydrogens is 516 g/mol. The van der Waals surface area contributed by atoms with Crippen LogP contribution in [0, 0.1) is 6.92 Å². The molecule has 32 heavy (non-hydrogen) atoms. The minimum Gasteiger partial charge on any atom is -0.390 e. The SMILES string of the molecule is Cc1nnc(SCC(O)Cn2cnc3ccccc3c2=O)n1N=Cc1ccc(Cl)cc1Br. The Morgan fingerprint density at radius 1 is 1.28 bits per heavy atom. The van der Waals surface area contributed by atoms with Gasteiger partial charge in [-0.1, -0.05) is 57.5 Å². The van der Waals surface area contributed by atoms with E-state index in [0.717, 1.165) is 10.0 Å². The first kappa shape index (κ1) is 22.7. The fourth-order valence-corrected chi connectivity index (χ4v) is 4.61. The molecule has 2 heterocycles. The number of hydrogen-bond donors (Lipinski definition) is 1. The van der Waals surface area contributed by atoms with Crippen LogP contribution in [0.15, 0.2) is 68.3 Å². The Kier molecular flexibility index (Phi) is 7.04. The third-order valence-corrected chi connectivity index (χ3v) is 6.57. The van der Waals surface area contributed by atoms with Gasteiger partial charge >= 0.3 is 0 Å². The van der Waals surface area contributed by atoms with Crippen LogP contribution < -0.4 is 5.56 Å². The van der Waals surface area contributed by atoms with Crippen molar-refractivity contribution in [1.29, 1.82) is 0 Å². The summed E-state index contributed by atoms with van der Waals surface area (Å²) >= 11 is 10.7. The van der Waals surface area contributed by atoms with E-state index in [2.05, 4.69) is 36.2 Å². The van der Waals surface area contributed by atoms with E-state index in [1.807, 2.05) is 12.1 Å². The maximum Gasteiger partial charge on any atom is 0.261 e. The molecule has 0 aliphatic carbocycles. The molecule has 0 amide bonds. The molecule has 0 saturated carbocycles. The van der Waals surface area contributed by atoms with Gasteiger partial charge in [0.25, 0.3) is 5.56 Å². The number of para-hydroxylation sites is 1. The van der Waals surface area contributed by atoms with E-state index < -0.39 is 6.10 Å². The van der Waals surface area contributed by atoms with E-state index in [0.29, 0.717) is 32.7 Å². The summed E-state index contributed by atoms with van der Waals surface area (Å²) < 4.78 is 3.83. The number of thioether (sulfide) groups is 1. The molecule has 0 aliphatic rings. The zero-order valence-corrected chi connectivity index (χ0v) is 20.0. The van der Waals surface area contributed by atoms with Gasteiger partial charge in [-0.3, -0.25) is 9.36 Å². The number of aryl methyl sites for hydroxylation is 1. The van der Waals surface area contributed by atoms with Crippen molar-refractivity contribution < 1.29 is 5.11 Å². The number of hydrogen-bond acceptors (Lipinski definition) is 7. The van der Waals surface area contributed by atoms with Gasteiger partial charge in [-0.25, -0.2) is 4.98 Å². The summed E-state index contributed by atoms with van der Waals surface area (Å²) in [6.45, 7) is 1.92. The van der Waals surface area contributed by atoms with Gasteiger partial charge in [0.05, 0.1) is 36.1 Å². The van der Waals surface area contributed by atoms with Crippen LogP contribution >= 0.6 is 39.3 Å². The second-order valence-electron chi connectivity index (χ2n) is 6.94. The molecule has 0 saturated heterocycles. The molecule has 1 N–H and O–H groups in total. The number of nitrogens with zero attached hydrogens (tertiary/aromatic N) is 6. The molecule has 4 aromatic rings. The van der Waals surface area contributed by atoms with Gasteiger partial charge in [0, 0.05) is 20.8 Å². The highest BCUT2D eigenvalue weighted by molar-refractivity contribution is 9.10. The number of fused-ring (bicyclic) bond motifs is 1. The molecule has 164 valence electrons. The van der Waals surface area contributed by atoms with E-state index in [1.54, 1.807) is 48.1 Å². The number of aromatic nitrogens is 5. The number of aliphatic hydroxyl groups is 1. The maximum absolute atomic E-state index is 12.6. The lowest BCUT2D eigenvalue weighted by Gasteiger charge is -2.12. The Morgan fingerprint density at radius 3 is 2.91 bits per heavy atom. The standard InChI is InChI=1S/C21H18BrClN6O2S/c1-13-26-27-21(29(13)25-9-14-6-7-15(23)8-18(14)22)32-11-16(30)10-28-12-24-19-5-3-2-4-17(19)20(28)31/h2-9,12,16,30H,10-11H2,1H3. The minimum absolute atomic E-state index is 0.123. The summed E-state index contributed by atoms with van der Waals surface area (Å²) in [6, 6.07) is 12.6. The van der Waals surface area contributed by atoms with Crippen LogP contribution in [0.1, 0.15) is 11.4 Å². The van der Waals surface area contributed by atoms with Crippen molar-refractivity contribution in [2.24, 2.45) is 5.10 Å². The number of benzene rings is 2. The minimum atomic E-state index is -0.791. The van der Waals surface area contributed by atoms with E-state index in [1.165, 1.54) is 22.7 Å². The molecular formula is C21H18BrClN6O2S. The first-order valence-corrected chi connectivity index (χ1v) is 11.7. The van der Waals surface area contributed by atoms with Gasteiger partial charge in [0.1, 0.15) is 0 Å². The summed E-state index contributed by atoms with van der Waals surface area (Å²) in [4.78, 5) is 16.9. The third kappa shape index (κ3) is 5.09. The van der Waals surface area contributed by atoms with Crippen LogP contribution in [0.2, 0.25) is 5.02 Å². The number of rotatable bonds is 7. The van der Waals surface area contributed by atoms with Gasteiger partial charge < -0.3 is 5.11 Å². The quantitative estimate of drug-likeness (QED) is 0.287. The lowest BCUT2D eigenvalue weighted by atomic mass is 10.2.